The second-order valence-electron chi connectivity index (χ2n) is 6.94. The largest absolute Gasteiger partial charge is 0.486 e. The molecule has 1 saturated heterocycles. The summed E-state index contributed by atoms with van der Waals surface area (Å²) in [6.07, 6.45) is 0.697. The molecule has 0 aromatic rings. The van der Waals surface area contributed by atoms with Crippen LogP contribution >= 0.6 is 0 Å². The van der Waals surface area contributed by atoms with Crippen molar-refractivity contribution in [1.82, 2.24) is 0 Å². The van der Waals surface area contributed by atoms with E-state index in [9.17, 15) is 14.4 Å². The third-order valence-electron chi connectivity index (χ3n) is 5.59. The van der Waals surface area contributed by atoms with Crippen molar-refractivity contribution < 1.29 is 28.6 Å². The smallest absolute Gasteiger partial charge is 0.310 e. The molecule has 24 heavy (non-hydrogen) atoms. The molecule has 2 aliphatic carbocycles. The maximum absolute atomic E-state index is 12.3. The molecule has 0 aromatic carbocycles. The van der Waals surface area contributed by atoms with E-state index in [1.54, 1.807) is 6.92 Å². The number of carbonyl (C=O) groups excluding carboxylic acids is 3. The summed E-state index contributed by atoms with van der Waals surface area (Å²) in [5.41, 5.74) is 0.668. The van der Waals surface area contributed by atoms with Gasteiger partial charge in [0.2, 0.25) is 0 Å². The van der Waals surface area contributed by atoms with E-state index in [0.29, 0.717) is 11.3 Å². The number of ketones is 1. The maximum Gasteiger partial charge on any atom is 0.310 e. The van der Waals surface area contributed by atoms with Gasteiger partial charge in [-0.1, -0.05) is 13.2 Å². The minimum absolute atomic E-state index is 0.0238. The van der Waals surface area contributed by atoms with Crippen molar-refractivity contribution in [3.05, 3.63) is 24.5 Å². The summed E-state index contributed by atoms with van der Waals surface area (Å²) in [6, 6.07) is 0. The molecule has 1 aliphatic heterocycles. The molecule has 0 amide bonds. The van der Waals surface area contributed by atoms with Gasteiger partial charge in [-0.25, -0.2) is 0 Å². The van der Waals surface area contributed by atoms with Gasteiger partial charge in [0.25, 0.3) is 0 Å². The average Bonchev–Trinajstić information content (AvgIpc) is 3.15. The van der Waals surface area contributed by atoms with Gasteiger partial charge in [0.05, 0.1) is 18.9 Å². The highest BCUT2D eigenvalue weighted by atomic mass is 16.6. The summed E-state index contributed by atoms with van der Waals surface area (Å²) in [5, 5.41) is 0. The van der Waals surface area contributed by atoms with Gasteiger partial charge in [0, 0.05) is 18.3 Å². The van der Waals surface area contributed by atoms with Crippen LogP contribution < -0.4 is 0 Å². The van der Waals surface area contributed by atoms with E-state index >= 15 is 0 Å². The molecular weight excluding hydrogens is 312 g/mol. The number of Topliss-reactive ketones (excluding diaryl/α,β-unsaturated/α-hetero) is 1. The molecule has 6 heteroatoms. The molecule has 6 nitrogen and oxygen atoms in total. The molecule has 3 fully saturated rings. The number of carbonyl (C=O) groups is 3. The van der Waals surface area contributed by atoms with Gasteiger partial charge in [0.1, 0.15) is 18.5 Å². The van der Waals surface area contributed by atoms with Crippen molar-refractivity contribution in [1.29, 1.82) is 0 Å². The Morgan fingerprint density at radius 2 is 2.00 bits per heavy atom. The predicted octanol–water partition coefficient (Wildman–Crippen LogP) is 1.65. The lowest BCUT2D eigenvalue weighted by Gasteiger charge is -2.29. The van der Waals surface area contributed by atoms with Crippen molar-refractivity contribution in [3.63, 3.8) is 0 Å². The number of ether oxygens (including phenoxy) is 3. The molecule has 0 spiro atoms. The summed E-state index contributed by atoms with van der Waals surface area (Å²) in [4.78, 5) is 36.4. The molecule has 1 heterocycles. The second-order valence-corrected chi connectivity index (χ2v) is 6.94. The van der Waals surface area contributed by atoms with E-state index in [4.69, 9.17) is 14.2 Å². The van der Waals surface area contributed by atoms with Gasteiger partial charge in [0.15, 0.2) is 5.78 Å². The zero-order valence-electron chi connectivity index (χ0n) is 13.9. The Morgan fingerprint density at radius 3 is 2.62 bits per heavy atom. The van der Waals surface area contributed by atoms with Crippen LogP contribution in [0.25, 0.3) is 0 Å². The Hall–Kier alpha value is -2.11. The first-order chi connectivity index (χ1) is 11.3. The summed E-state index contributed by atoms with van der Waals surface area (Å²) < 4.78 is 15.6. The average molecular weight is 334 g/mol. The van der Waals surface area contributed by atoms with Crippen LogP contribution in [0.4, 0.5) is 0 Å². The van der Waals surface area contributed by atoms with E-state index in [0.717, 1.165) is 6.42 Å². The molecule has 2 bridgehead atoms. The molecule has 0 aromatic heterocycles. The Morgan fingerprint density at radius 1 is 1.29 bits per heavy atom. The van der Waals surface area contributed by atoms with Crippen LogP contribution in [0.2, 0.25) is 0 Å². The van der Waals surface area contributed by atoms with Crippen molar-refractivity contribution in [2.75, 3.05) is 13.7 Å². The number of methoxy groups -OCH3 is 1. The summed E-state index contributed by atoms with van der Waals surface area (Å²) in [6.45, 7) is 9.05. The quantitative estimate of drug-likeness (QED) is 0.400. The summed E-state index contributed by atoms with van der Waals surface area (Å²) in [7, 11) is 1.32. The van der Waals surface area contributed by atoms with E-state index in [2.05, 4.69) is 13.2 Å². The fourth-order valence-corrected chi connectivity index (χ4v) is 4.53. The standard InChI is InChI=1S/C18H22O6/c1-8(2)9(3)23-7-10(19)5-12-11-6-13-15(14(11)17(20)22-4)18(21)24-16(12)13/h11-16H,1,3,5-7H2,2,4H3. The lowest BCUT2D eigenvalue weighted by atomic mass is 9.72. The van der Waals surface area contributed by atoms with Crippen LogP contribution in [0.3, 0.4) is 0 Å². The van der Waals surface area contributed by atoms with Gasteiger partial charge >= 0.3 is 11.9 Å². The Kier molecular flexibility index (Phi) is 4.24. The van der Waals surface area contributed by atoms with Crippen LogP contribution in [0.5, 0.6) is 0 Å². The van der Waals surface area contributed by atoms with Gasteiger partial charge in [-0.2, -0.15) is 0 Å². The fraction of sp³-hybridized carbons (Fsp3) is 0.611. The maximum atomic E-state index is 12.3. The lowest BCUT2D eigenvalue weighted by Crippen LogP contribution is -2.39. The highest BCUT2D eigenvalue weighted by Crippen LogP contribution is 2.61. The predicted molar refractivity (Wildman–Crippen MR) is 83.5 cm³/mol. The molecule has 0 radical (unpaired) electrons. The SMILES string of the molecule is C=C(C)C(=C)OCC(=O)CC1C2CC3C1OC(=O)C3C2C(=O)OC. The Labute approximate surface area is 140 Å². The summed E-state index contributed by atoms with van der Waals surface area (Å²) >= 11 is 0. The van der Waals surface area contributed by atoms with E-state index in [-0.39, 0.29) is 54.6 Å². The molecular formula is C18H22O6. The van der Waals surface area contributed by atoms with E-state index in [1.165, 1.54) is 7.11 Å². The molecule has 6 atom stereocenters. The van der Waals surface area contributed by atoms with Crippen molar-refractivity contribution in [2.45, 2.75) is 25.9 Å². The van der Waals surface area contributed by atoms with Crippen LogP contribution in [0.15, 0.2) is 24.5 Å². The first-order valence-corrected chi connectivity index (χ1v) is 8.12. The first kappa shape index (κ1) is 16.7. The molecule has 3 rings (SSSR count). The number of hydrogen-bond donors (Lipinski definition) is 0. The molecule has 3 aliphatic rings. The van der Waals surface area contributed by atoms with Gasteiger partial charge in [-0.15, -0.1) is 0 Å². The monoisotopic (exact) mass is 334 g/mol. The Balaban J connectivity index is 1.68. The molecule has 130 valence electrons. The van der Waals surface area contributed by atoms with Gasteiger partial charge < -0.3 is 14.2 Å². The first-order valence-electron chi connectivity index (χ1n) is 8.12. The third-order valence-corrected chi connectivity index (χ3v) is 5.59. The summed E-state index contributed by atoms with van der Waals surface area (Å²) in [5.74, 6) is -1.48. The van der Waals surface area contributed by atoms with Crippen LogP contribution in [0, 0.1) is 29.6 Å². The zero-order chi connectivity index (χ0) is 17.6. The third kappa shape index (κ3) is 2.54. The topological polar surface area (TPSA) is 78.9 Å². The van der Waals surface area contributed by atoms with Crippen LogP contribution in [-0.4, -0.2) is 37.5 Å². The van der Waals surface area contributed by atoms with Crippen LogP contribution in [-0.2, 0) is 28.6 Å². The van der Waals surface area contributed by atoms with Crippen molar-refractivity contribution >= 4 is 17.7 Å². The molecule has 6 unspecified atom stereocenters. The highest BCUT2D eigenvalue weighted by molar-refractivity contribution is 5.86. The minimum atomic E-state index is -0.490. The van der Waals surface area contributed by atoms with Crippen molar-refractivity contribution in [2.24, 2.45) is 29.6 Å². The highest BCUT2D eigenvalue weighted by Gasteiger charge is 2.68. The normalized spacial score (nSPS) is 35.5. The number of hydrogen-bond acceptors (Lipinski definition) is 6. The zero-order valence-corrected chi connectivity index (χ0v) is 13.9. The van der Waals surface area contributed by atoms with Crippen LogP contribution in [0.1, 0.15) is 19.8 Å². The fourth-order valence-electron chi connectivity index (χ4n) is 4.53. The van der Waals surface area contributed by atoms with E-state index in [1.807, 2.05) is 0 Å². The van der Waals surface area contributed by atoms with Crippen molar-refractivity contribution in [3.8, 4) is 0 Å². The second kappa shape index (κ2) is 6.07. The van der Waals surface area contributed by atoms with E-state index < -0.39 is 11.8 Å². The minimum Gasteiger partial charge on any atom is -0.486 e. The number of rotatable bonds is 7. The molecule has 2 saturated carbocycles. The van der Waals surface area contributed by atoms with Gasteiger partial charge in [-0.3, -0.25) is 14.4 Å². The number of esters is 2. The number of allylic oxidation sites excluding steroid dienone is 1. The molecule has 0 N–H and O–H groups in total. The lowest BCUT2D eigenvalue weighted by molar-refractivity contribution is -0.153. The van der Waals surface area contributed by atoms with Gasteiger partial charge in [-0.05, 0) is 24.8 Å². The number of fused-ring (bicyclic) bond motifs is 1. The Bertz CT molecular complexity index is 621.